The van der Waals surface area contributed by atoms with Crippen LogP contribution in [-0.4, -0.2) is 111 Å². The Bertz CT molecular complexity index is 2430. The number of methoxy groups -OCH3 is 2. The third kappa shape index (κ3) is 8.31. The lowest BCUT2D eigenvalue weighted by atomic mass is 10.0. The fraction of sp³-hybridized carbons (Fsp3) is 0.477. The van der Waals surface area contributed by atoms with Crippen LogP contribution in [0.3, 0.4) is 0 Å². The largest absolute Gasteiger partial charge is 0.453 e. The van der Waals surface area contributed by atoms with Gasteiger partial charge in [0.05, 0.1) is 62.3 Å². The van der Waals surface area contributed by atoms with Crippen molar-refractivity contribution in [1.82, 2.24) is 45.7 Å². The molecule has 8 rings (SSSR count). The molecule has 4 aromatic rings. The summed E-state index contributed by atoms with van der Waals surface area (Å²) >= 11 is 0. The molecule has 2 aromatic carbocycles. The smallest absolute Gasteiger partial charge is 0.407 e. The number of nitrogens with zero attached hydrogens (tertiary/aromatic N) is 4. The predicted octanol–water partition coefficient (Wildman–Crippen LogP) is 4.92. The molecule has 1 aliphatic carbocycles. The van der Waals surface area contributed by atoms with Gasteiger partial charge in [0.2, 0.25) is 11.8 Å². The van der Waals surface area contributed by atoms with Crippen LogP contribution >= 0.6 is 0 Å². The summed E-state index contributed by atoms with van der Waals surface area (Å²) in [5.41, 5.74) is 3.94. The first-order chi connectivity index (χ1) is 29.2. The quantitative estimate of drug-likeness (QED) is 0.113. The van der Waals surface area contributed by atoms with Crippen LogP contribution in [0, 0.1) is 29.1 Å². The average molecular weight is 834 g/mol. The van der Waals surface area contributed by atoms with Crippen molar-refractivity contribution in [2.24, 2.45) is 17.3 Å². The van der Waals surface area contributed by atoms with E-state index in [1.54, 1.807) is 11.1 Å². The van der Waals surface area contributed by atoms with Crippen molar-refractivity contribution in [3.05, 3.63) is 71.4 Å². The van der Waals surface area contributed by atoms with E-state index in [2.05, 4.69) is 42.7 Å². The zero-order valence-electron chi connectivity index (χ0n) is 35.1. The van der Waals surface area contributed by atoms with E-state index in [1.165, 1.54) is 14.2 Å². The molecule has 4 aliphatic rings. The fourth-order valence-corrected chi connectivity index (χ4v) is 8.75. The van der Waals surface area contributed by atoms with Crippen molar-refractivity contribution >= 4 is 41.1 Å². The Kier molecular flexibility index (Phi) is 10.9. The average Bonchev–Trinajstić information content (AvgIpc) is 3.80. The maximum atomic E-state index is 14.0. The van der Waals surface area contributed by atoms with Crippen molar-refractivity contribution < 1.29 is 38.2 Å². The normalized spacial score (nSPS) is 22.2. The summed E-state index contributed by atoms with van der Waals surface area (Å²) in [6, 6.07) is 11.2. The van der Waals surface area contributed by atoms with Gasteiger partial charge in [0.25, 0.3) is 0 Å². The van der Waals surface area contributed by atoms with E-state index in [0.717, 1.165) is 58.5 Å². The molecule has 0 unspecified atom stereocenters. The molecule has 3 saturated heterocycles. The zero-order chi connectivity index (χ0) is 43.2. The Hall–Kier alpha value is -6.57. The number of aromatic amines is 2. The predicted molar refractivity (Wildman–Crippen MR) is 221 cm³/mol. The standard InChI is InChI=1S/C44H51N9O8/c1-24(2)34(50-41(57)59-5)38(54)52-22-43(15-16-43)18-32(52)37-47-29-14-11-27(17-30(29)48-37)8-7-26-9-12-28(13-10-26)31-20-45-36(49-31)33-19-44(21-46-40(56)61-44)23-53(33)39(55)35(25(3)4)51-42(58)60-6/h9-14,17,20,24-25,32-35H,15-16,18-19,21-23H2,1-6H3,(H,45,49)(H,46,56)(H,47,48)(H,50,57)(H,51,58)/t32-,33-,34+,35-,44+/m0/s1. The number of likely N-dealkylation sites (tertiary alicyclic amines) is 2. The number of hydrogen-bond donors (Lipinski definition) is 5. The highest BCUT2D eigenvalue weighted by molar-refractivity contribution is 5.88. The van der Waals surface area contributed by atoms with Crippen LogP contribution in [0.15, 0.2) is 48.7 Å². The number of amides is 5. The Balaban J connectivity index is 0.973. The van der Waals surface area contributed by atoms with Crippen molar-refractivity contribution in [2.75, 3.05) is 33.9 Å². The maximum absolute atomic E-state index is 14.0. The molecule has 5 heterocycles. The van der Waals surface area contributed by atoms with Gasteiger partial charge in [-0.05, 0) is 72.4 Å². The highest BCUT2D eigenvalue weighted by atomic mass is 16.6. The summed E-state index contributed by atoms with van der Waals surface area (Å²) in [6.07, 6.45) is 3.07. The summed E-state index contributed by atoms with van der Waals surface area (Å²) in [7, 11) is 2.53. The van der Waals surface area contributed by atoms with E-state index >= 15 is 0 Å². The number of alkyl carbamates (subject to hydrolysis) is 3. The SMILES string of the molecule is COC(=O)N[C@H](C(=O)N1C[C@]2(CNC(=O)O2)C[C@H]1c1ncc(-c2ccc(C#Cc3ccc4nc([C@@H]5CC6(CC6)CN5C(=O)[C@H](NC(=O)OC)C(C)C)[nH]c4c3)cc2)[nH]1)C(C)C. The first-order valence-electron chi connectivity index (χ1n) is 20.6. The number of ether oxygens (including phenoxy) is 3. The van der Waals surface area contributed by atoms with Crippen LogP contribution in [0.5, 0.6) is 0 Å². The van der Waals surface area contributed by atoms with E-state index in [9.17, 15) is 24.0 Å². The summed E-state index contributed by atoms with van der Waals surface area (Å²) < 4.78 is 15.3. The number of benzene rings is 2. The first-order valence-corrected chi connectivity index (χ1v) is 20.6. The van der Waals surface area contributed by atoms with Crippen LogP contribution in [0.1, 0.15) is 88.2 Å². The molecule has 0 bridgehead atoms. The minimum absolute atomic E-state index is 0.0903. The van der Waals surface area contributed by atoms with Crippen LogP contribution < -0.4 is 16.0 Å². The van der Waals surface area contributed by atoms with Gasteiger partial charge in [-0.1, -0.05) is 51.7 Å². The highest BCUT2D eigenvalue weighted by Gasteiger charge is 2.56. The van der Waals surface area contributed by atoms with Crippen molar-refractivity contribution in [3.8, 4) is 23.1 Å². The van der Waals surface area contributed by atoms with E-state index in [1.807, 2.05) is 75.1 Å². The number of nitrogens with one attached hydrogen (secondary N) is 5. The van der Waals surface area contributed by atoms with Gasteiger partial charge in [-0.3, -0.25) is 9.59 Å². The summed E-state index contributed by atoms with van der Waals surface area (Å²) in [4.78, 5) is 84.2. The minimum Gasteiger partial charge on any atom is -0.453 e. The third-order valence-corrected chi connectivity index (χ3v) is 12.4. The molecule has 2 spiro atoms. The molecule has 0 radical (unpaired) electrons. The monoisotopic (exact) mass is 833 g/mol. The molecule has 17 nitrogen and oxygen atoms in total. The van der Waals surface area contributed by atoms with E-state index < -0.39 is 42.0 Å². The number of aromatic nitrogens is 4. The van der Waals surface area contributed by atoms with E-state index in [0.29, 0.717) is 18.8 Å². The highest BCUT2D eigenvalue weighted by Crippen LogP contribution is 2.58. The Labute approximate surface area is 353 Å². The zero-order valence-corrected chi connectivity index (χ0v) is 35.1. The molecule has 320 valence electrons. The van der Waals surface area contributed by atoms with Gasteiger partial charge < -0.3 is 49.9 Å². The maximum Gasteiger partial charge on any atom is 0.407 e. The Morgan fingerprint density at radius 1 is 0.820 bits per heavy atom. The molecular formula is C44H51N9O8. The Morgan fingerprint density at radius 3 is 2.02 bits per heavy atom. The lowest BCUT2D eigenvalue weighted by Crippen LogP contribution is -2.52. The van der Waals surface area contributed by atoms with Gasteiger partial charge >= 0.3 is 18.3 Å². The number of carbonyl (C=O) groups excluding carboxylic acids is 5. The van der Waals surface area contributed by atoms with Crippen molar-refractivity contribution in [3.63, 3.8) is 0 Å². The van der Waals surface area contributed by atoms with Gasteiger partial charge in [0.1, 0.15) is 23.7 Å². The summed E-state index contributed by atoms with van der Waals surface area (Å²) in [6.45, 7) is 8.49. The second kappa shape index (κ2) is 16.1. The number of H-pyrrole nitrogens is 2. The van der Waals surface area contributed by atoms with Gasteiger partial charge in [-0.25, -0.2) is 24.4 Å². The number of hydrogen-bond acceptors (Lipinski definition) is 10. The van der Waals surface area contributed by atoms with Gasteiger partial charge in [-0.2, -0.15) is 0 Å². The molecule has 5 amide bonds. The molecule has 4 fully saturated rings. The molecule has 5 N–H and O–H groups in total. The molecule has 3 aliphatic heterocycles. The minimum atomic E-state index is -0.929. The Morgan fingerprint density at radius 2 is 1.43 bits per heavy atom. The first kappa shape index (κ1) is 41.2. The lowest BCUT2D eigenvalue weighted by molar-refractivity contribution is -0.136. The van der Waals surface area contributed by atoms with Crippen molar-refractivity contribution in [1.29, 1.82) is 0 Å². The topological polar surface area (TPSA) is 213 Å². The van der Waals surface area contributed by atoms with E-state index in [-0.39, 0.29) is 48.2 Å². The van der Waals surface area contributed by atoms with E-state index in [4.69, 9.17) is 19.2 Å². The number of carbonyl (C=O) groups is 5. The second-order valence-electron chi connectivity index (χ2n) is 17.4. The third-order valence-electron chi connectivity index (χ3n) is 12.4. The van der Waals surface area contributed by atoms with Gasteiger partial charge in [0, 0.05) is 24.1 Å². The van der Waals surface area contributed by atoms with Crippen LogP contribution in [0.25, 0.3) is 22.3 Å². The molecule has 61 heavy (non-hydrogen) atoms. The molecule has 1 saturated carbocycles. The van der Waals surface area contributed by atoms with Crippen LogP contribution in [-0.2, 0) is 23.8 Å². The van der Waals surface area contributed by atoms with Gasteiger partial charge in [0.15, 0.2) is 5.60 Å². The summed E-state index contributed by atoms with van der Waals surface area (Å²) in [5, 5.41) is 8.10. The molecule has 17 heteroatoms. The van der Waals surface area contributed by atoms with Crippen molar-refractivity contribution in [2.45, 2.75) is 83.1 Å². The lowest BCUT2D eigenvalue weighted by Gasteiger charge is -2.30. The molecule has 2 aromatic heterocycles. The number of rotatable bonds is 9. The fourth-order valence-electron chi connectivity index (χ4n) is 8.75. The second-order valence-corrected chi connectivity index (χ2v) is 17.4. The molecule has 5 atom stereocenters. The molecular weight excluding hydrogens is 783 g/mol. The van der Waals surface area contributed by atoms with Crippen LogP contribution in [0.2, 0.25) is 0 Å². The number of fused-ring (bicyclic) bond motifs is 1. The van der Waals surface area contributed by atoms with Crippen LogP contribution in [0.4, 0.5) is 14.4 Å². The van der Waals surface area contributed by atoms with Gasteiger partial charge in [-0.15, -0.1) is 0 Å². The summed E-state index contributed by atoms with van der Waals surface area (Å²) in [5.74, 6) is 6.92. The number of imidazole rings is 2.